The largest absolute Gasteiger partial charge is 0.497 e. The van der Waals surface area contributed by atoms with Gasteiger partial charge in [0.25, 0.3) is 0 Å². The van der Waals surface area contributed by atoms with Gasteiger partial charge >= 0.3 is 0 Å². The number of amides is 2. The molecule has 32 heavy (non-hydrogen) atoms. The summed E-state index contributed by atoms with van der Waals surface area (Å²) in [6.45, 7) is 4.09. The van der Waals surface area contributed by atoms with Gasteiger partial charge in [-0.2, -0.15) is 0 Å². The van der Waals surface area contributed by atoms with Gasteiger partial charge in [-0.25, -0.2) is 0 Å². The lowest BCUT2D eigenvalue weighted by Crippen LogP contribution is -2.27. The summed E-state index contributed by atoms with van der Waals surface area (Å²) < 4.78 is 5.24. The monoisotopic (exact) mass is 432 g/mol. The number of rotatable bonds is 7. The van der Waals surface area contributed by atoms with Crippen LogP contribution in [0.2, 0.25) is 0 Å². The van der Waals surface area contributed by atoms with E-state index in [-0.39, 0.29) is 14.7 Å². The second kappa shape index (κ2) is 8.87. The summed E-state index contributed by atoms with van der Waals surface area (Å²) in [6, 6.07) is 21.9. The van der Waals surface area contributed by atoms with Gasteiger partial charge in [0.2, 0.25) is 11.8 Å². The van der Waals surface area contributed by atoms with Crippen molar-refractivity contribution in [1.29, 1.82) is 0 Å². The quantitative estimate of drug-likeness (QED) is 0.520. The SMILES string of the molecule is COc1ccc(C2(C(=O)Nc3ccc(C)c(-c4ccc(CNC(C)=O)cc4)c3)CC2)cc1.[HH].[HH]. The van der Waals surface area contributed by atoms with Gasteiger partial charge in [-0.3, -0.25) is 9.59 Å². The normalized spacial score (nSPS) is 13.8. The highest BCUT2D eigenvalue weighted by Crippen LogP contribution is 2.49. The van der Waals surface area contributed by atoms with Crippen molar-refractivity contribution in [3.05, 3.63) is 83.4 Å². The first-order valence-corrected chi connectivity index (χ1v) is 10.8. The number of benzene rings is 3. The Labute approximate surface area is 191 Å². The smallest absolute Gasteiger partial charge is 0.235 e. The Kier molecular flexibility index (Phi) is 5.99. The van der Waals surface area contributed by atoms with E-state index in [1.54, 1.807) is 7.11 Å². The molecule has 0 spiro atoms. The third kappa shape index (κ3) is 4.52. The van der Waals surface area contributed by atoms with E-state index in [2.05, 4.69) is 17.6 Å². The first kappa shape index (κ1) is 21.6. The number of carbonyl (C=O) groups excluding carboxylic acids is 2. The van der Waals surface area contributed by atoms with E-state index in [0.717, 1.165) is 52.1 Å². The zero-order valence-corrected chi connectivity index (χ0v) is 18.7. The van der Waals surface area contributed by atoms with Crippen LogP contribution in [0.3, 0.4) is 0 Å². The van der Waals surface area contributed by atoms with Gasteiger partial charge in [0, 0.05) is 22.0 Å². The second-order valence-electron chi connectivity index (χ2n) is 8.40. The molecule has 0 heterocycles. The minimum absolute atomic E-state index is 0. The highest BCUT2D eigenvalue weighted by Gasteiger charge is 2.51. The molecular weight excluding hydrogens is 400 g/mol. The standard InChI is InChI=1S/C27H28N2O3.2H2/c1-18-4-11-23(16-25(18)21-7-5-20(6-8-21)17-28-19(2)30)29-26(31)27(14-15-27)22-9-12-24(32-3)13-10-22;;/h4-13,16H,14-15,17H2,1-3H3,(H,28,30)(H,29,31);2*1H. The Hall–Kier alpha value is -3.60. The number of nitrogens with one attached hydrogen (secondary N) is 2. The maximum absolute atomic E-state index is 13.2. The number of anilines is 1. The van der Waals surface area contributed by atoms with Gasteiger partial charge in [-0.1, -0.05) is 42.5 Å². The van der Waals surface area contributed by atoms with Crippen molar-refractivity contribution in [2.24, 2.45) is 0 Å². The van der Waals surface area contributed by atoms with E-state index in [0.29, 0.717) is 6.54 Å². The molecule has 0 unspecified atom stereocenters. The van der Waals surface area contributed by atoms with E-state index in [9.17, 15) is 9.59 Å². The Morgan fingerprint density at radius 2 is 1.69 bits per heavy atom. The first-order valence-electron chi connectivity index (χ1n) is 10.8. The lowest BCUT2D eigenvalue weighted by atomic mass is 9.94. The minimum Gasteiger partial charge on any atom is -0.497 e. The lowest BCUT2D eigenvalue weighted by molar-refractivity contribution is -0.119. The summed E-state index contributed by atoms with van der Waals surface area (Å²) in [7, 11) is 1.64. The molecule has 0 atom stereocenters. The number of methoxy groups -OCH3 is 1. The van der Waals surface area contributed by atoms with Crippen LogP contribution in [0.5, 0.6) is 5.75 Å². The molecule has 3 aromatic carbocycles. The average Bonchev–Trinajstić information content (AvgIpc) is 3.62. The van der Waals surface area contributed by atoms with E-state index >= 15 is 0 Å². The fourth-order valence-corrected chi connectivity index (χ4v) is 3.97. The molecule has 5 heteroatoms. The van der Waals surface area contributed by atoms with Crippen LogP contribution in [-0.4, -0.2) is 18.9 Å². The summed E-state index contributed by atoms with van der Waals surface area (Å²) in [5.74, 6) is 0.774. The number of ether oxygens (including phenoxy) is 1. The Bertz CT molecular complexity index is 1140. The van der Waals surface area contributed by atoms with Gasteiger partial charge < -0.3 is 15.4 Å². The molecule has 1 fully saturated rings. The second-order valence-corrected chi connectivity index (χ2v) is 8.40. The van der Waals surface area contributed by atoms with Crippen LogP contribution in [0.4, 0.5) is 5.69 Å². The molecule has 1 saturated carbocycles. The maximum Gasteiger partial charge on any atom is 0.235 e. The molecule has 0 radical (unpaired) electrons. The lowest BCUT2D eigenvalue weighted by Gasteiger charge is -2.17. The van der Waals surface area contributed by atoms with Crippen LogP contribution in [0.1, 0.15) is 39.3 Å². The molecule has 1 aliphatic rings. The van der Waals surface area contributed by atoms with Gasteiger partial charge in [0.05, 0.1) is 12.5 Å². The van der Waals surface area contributed by atoms with E-state index < -0.39 is 5.41 Å². The molecule has 0 aromatic heterocycles. The number of hydrogen-bond donors (Lipinski definition) is 2. The van der Waals surface area contributed by atoms with Crippen LogP contribution >= 0.6 is 0 Å². The Morgan fingerprint density at radius 3 is 2.28 bits per heavy atom. The number of aryl methyl sites for hydroxylation is 1. The fourth-order valence-electron chi connectivity index (χ4n) is 3.97. The van der Waals surface area contributed by atoms with Crippen molar-refractivity contribution in [2.45, 2.75) is 38.6 Å². The van der Waals surface area contributed by atoms with Crippen molar-refractivity contribution in [3.63, 3.8) is 0 Å². The topological polar surface area (TPSA) is 67.4 Å². The van der Waals surface area contributed by atoms with Crippen LogP contribution in [-0.2, 0) is 21.5 Å². The summed E-state index contributed by atoms with van der Waals surface area (Å²) in [5.41, 5.74) is 5.68. The highest BCUT2D eigenvalue weighted by atomic mass is 16.5. The molecule has 2 N–H and O–H groups in total. The van der Waals surface area contributed by atoms with Gasteiger partial charge in [-0.05, 0) is 71.8 Å². The fraction of sp³-hybridized carbons (Fsp3) is 0.259. The summed E-state index contributed by atoms with van der Waals surface area (Å²) in [6.07, 6.45) is 1.69. The molecule has 2 amide bonds. The Morgan fingerprint density at radius 1 is 1.00 bits per heavy atom. The third-order valence-electron chi connectivity index (χ3n) is 6.13. The van der Waals surface area contributed by atoms with E-state index in [1.165, 1.54) is 6.92 Å². The molecule has 5 nitrogen and oxygen atoms in total. The summed E-state index contributed by atoms with van der Waals surface area (Å²) >= 11 is 0. The molecule has 168 valence electrons. The molecule has 0 saturated heterocycles. The zero-order valence-electron chi connectivity index (χ0n) is 18.7. The van der Waals surface area contributed by atoms with Crippen LogP contribution in [0.25, 0.3) is 11.1 Å². The maximum atomic E-state index is 13.2. The minimum atomic E-state index is -0.456. The first-order chi connectivity index (χ1) is 15.4. The van der Waals surface area contributed by atoms with Crippen molar-refractivity contribution in [2.75, 3.05) is 12.4 Å². The van der Waals surface area contributed by atoms with Crippen LogP contribution < -0.4 is 15.4 Å². The molecule has 4 rings (SSSR count). The molecule has 1 aliphatic carbocycles. The van der Waals surface area contributed by atoms with Gasteiger partial charge in [-0.15, -0.1) is 0 Å². The Balaban J connectivity index is 0.00000204. The van der Waals surface area contributed by atoms with Gasteiger partial charge in [0.15, 0.2) is 0 Å². The number of carbonyl (C=O) groups is 2. The van der Waals surface area contributed by atoms with Crippen LogP contribution in [0, 0.1) is 6.92 Å². The van der Waals surface area contributed by atoms with Crippen molar-refractivity contribution in [1.82, 2.24) is 5.32 Å². The van der Waals surface area contributed by atoms with Crippen molar-refractivity contribution < 1.29 is 17.2 Å². The zero-order chi connectivity index (χ0) is 22.7. The average molecular weight is 433 g/mol. The van der Waals surface area contributed by atoms with E-state index in [4.69, 9.17) is 4.74 Å². The number of hydrogen-bond acceptors (Lipinski definition) is 3. The van der Waals surface area contributed by atoms with E-state index in [1.807, 2.05) is 66.7 Å². The summed E-state index contributed by atoms with van der Waals surface area (Å²) in [5, 5.41) is 5.95. The van der Waals surface area contributed by atoms with Crippen molar-refractivity contribution in [3.8, 4) is 16.9 Å². The summed E-state index contributed by atoms with van der Waals surface area (Å²) in [4.78, 5) is 24.3. The van der Waals surface area contributed by atoms with Gasteiger partial charge in [0.1, 0.15) is 5.75 Å². The predicted molar refractivity (Wildman–Crippen MR) is 131 cm³/mol. The molecule has 0 aliphatic heterocycles. The molecule has 0 bridgehead atoms. The molecule has 3 aromatic rings. The van der Waals surface area contributed by atoms with Crippen molar-refractivity contribution >= 4 is 17.5 Å². The molecular formula is C27H32N2O3. The van der Waals surface area contributed by atoms with Crippen LogP contribution in [0.15, 0.2) is 66.7 Å². The third-order valence-corrected chi connectivity index (χ3v) is 6.13. The predicted octanol–water partition coefficient (Wildman–Crippen LogP) is 5.47. The highest BCUT2D eigenvalue weighted by molar-refractivity contribution is 6.01.